The number of nitrogens with zero attached hydrogens (tertiary/aromatic N) is 3. The smallest absolute Gasteiger partial charge is 0.341 e. The van der Waals surface area contributed by atoms with E-state index < -0.39 is 5.97 Å². The van der Waals surface area contributed by atoms with E-state index in [1.165, 1.54) is 0 Å². The molecular formula is C12H20N4O3. The van der Waals surface area contributed by atoms with Crippen molar-refractivity contribution in [2.75, 3.05) is 38.6 Å². The number of morpholine rings is 1. The van der Waals surface area contributed by atoms with E-state index in [1.807, 2.05) is 7.05 Å². The molecular weight excluding hydrogens is 248 g/mol. The molecule has 0 aromatic carbocycles. The van der Waals surface area contributed by atoms with Gasteiger partial charge < -0.3 is 20.1 Å². The molecule has 1 aromatic heterocycles. The number of carbonyl (C=O) groups is 1. The van der Waals surface area contributed by atoms with Crippen molar-refractivity contribution in [2.45, 2.75) is 13.0 Å². The lowest BCUT2D eigenvalue weighted by Gasteiger charge is -2.30. The summed E-state index contributed by atoms with van der Waals surface area (Å²) < 4.78 is 7.20. The largest absolute Gasteiger partial charge is 0.477 e. The van der Waals surface area contributed by atoms with Gasteiger partial charge in [-0.05, 0) is 14.0 Å². The lowest BCUT2D eigenvalue weighted by Crippen LogP contribution is -2.43. The van der Waals surface area contributed by atoms with Gasteiger partial charge in [0.15, 0.2) is 0 Å². The molecule has 1 aromatic rings. The van der Waals surface area contributed by atoms with Crippen molar-refractivity contribution in [3.63, 3.8) is 0 Å². The first kappa shape index (κ1) is 13.8. The normalized spacial score (nSPS) is 20.5. The Kier molecular flexibility index (Phi) is 4.06. The lowest BCUT2D eigenvalue weighted by molar-refractivity contribution is -0.0118. The summed E-state index contributed by atoms with van der Waals surface area (Å²) in [7, 11) is 3.78. The minimum absolute atomic E-state index is 0.0654. The van der Waals surface area contributed by atoms with E-state index in [1.54, 1.807) is 18.7 Å². The number of likely N-dealkylation sites (N-methyl/N-ethyl adjacent to an activating group) is 1. The number of anilines is 1. The molecule has 2 N–H and O–H groups in total. The van der Waals surface area contributed by atoms with Crippen LogP contribution in [-0.2, 0) is 11.8 Å². The maximum absolute atomic E-state index is 11.2. The number of carboxylic acid groups (broad SMARTS) is 1. The van der Waals surface area contributed by atoms with Crippen LogP contribution in [0.15, 0.2) is 0 Å². The number of rotatable bonds is 4. The second-order valence-electron chi connectivity index (χ2n) is 4.87. The minimum atomic E-state index is -0.963. The van der Waals surface area contributed by atoms with Gasteiger partial charge in [0.05, 0.1) is 18.4 Å². The second-order valence-corrected chi connectivity index (χ2v) is 4.87. The van der Waals surface area contributed by atoms with Crippen molar-refractivity contribution in [3.05, 3.63) is 11.3 Å². The summed E-state index contributed by atoms with van der Waals surface area (Å²) in [5.41, 5.74) is 0.742. The number of hydrogen-bond acceptors (Lipinski definition) is 5. The van der Waals surface area contributed by atoms with Crippen LogP contribution < -0.4 is 5.32 Å². The fourth-order valence-electron chi connectivity index (χ4n) is 2.32. The predicted octanol–water partition coefficient (Wildman–Crippen LogP) is 0.169. The van der Waals surface area contributed by atoms with Gasteiger partial charge in [-0.15, -0.1) is 0 Å². The Morgan fingerprint density at radius 1 is 1.58 bits per heavy atom. The molecule has 1 aliphatic rings. The van der Waals surface area contributed by atoms with E-state index in [9.17, 15) is 9.90 Å². The van der Waals surface area contributed by atoms with Gasteiger partial charge in [0, 0.05) is 26.7 Å². The van der Waals surface area contributed by atoms with Gasteiger partial charge in [0.25, 0.3) is 0 Å². The highest BCUT2D eigenvalue weighted by Crippen LogP contribution is 2.19. The molecule has 7 heteroatoms. The number of aryl methyl sites for hydroxylation is 2. The molecule has 0 radical (unpaired) electrons. The van der Waals surface area contributed by atoms with Gasteiger partial charge in [0.2, 0.25) is 0 Å². The third kappa shape index (κ3) is 3.05. The molecule has 1 unspecified atom stereocenters. The molecule has 2 heterocycles. The fourth-order valence-corrected chi connectivity index (χ4v) is 2.32. The maximum atomic E-state index is 11.2. The van der Waals surface area contributed by atoms with Crippen molar-refractivity contribution < 1.29 is 14.6 Å². The quantitative estimate of drug-likeness (QED) is 0.810. The average molecular weight is 268 g/mol. The van der Waals surface area contributed by atoms with Gasteiger partial charge in [-0.2, -0.15) is 5.10 Å². The monoisotopic (exact) mass is 268 g/mol. The number of aromatic carboxylic acids is 1. The molecule has 1 atom stereocenters. The third-order valence-corrected chi connectivity index (χ3v) is 3.28. The van der Waals surface area contributed by atoms with Gasteiger partial charge >= 0.3 is 5.97 Å². The predicted molar refractivity (Wildman–Crippen MR) is 70.6 cm³/mol. The van der Waals surface area contributed by atoms with Crippen molar-refractivity contribution in [3.8, 4) is 0 Å². The summed E-state index contributed by atoms with van der Waals surface area (Å²) in [6.45, 7) is 4.75. The van der Waals surface area contributed by atoms with Gasteiger partial charge in [-0.1, -0.05) is 0 Å². The van der Waals surface area contributed by atoms with Crippen LogP contribution in [0.5, 0.6) is 0 Å². The van der Waals surface area contributed by atoms with E-state index in [2.05, 4.69) is 15.3 Å². The topological polar surface area (TPSA) is 79.6 Å². The number of nitrogens with one attached hydrogen (secondary N) is 1. The average Bonchev–Trinajstić information content (AvgIpc) is 2.61. The zero-order chi connectivity index (χ0) is 14.0. The van der Waals surface area contributed by atoms with E-state index in [0.717, 1.165) is 13.1 Å². The Morgan fingerprint density at radius 2 is 2.32 bits per heavy atom. The van der Waals surface area contributed by atoms with Crippen LogP contribution in [0, 0.1) is 6.92 Å². The highest BCUT2D eigenvalue weighted by Gasteiger charge is 2.22. The molecule has 7 nitrogen and oxygen atoms in total. The van der Waals surface area contributed by atoms with E-state index in [-0.39, 0.29) is 11.7 Å². The van der Waals surface area contributed by atoms with Crippen molar-refractivity contribution in [2.24, 2.45) is 7.05 Å². The van der Waals surface area contributed by atoms with Crippen LogP contribution in [0.1, 0.15) is 16.1 Å². The molecule has 1 fully saturated rings. The molecule has 0 aliphatic carbocycles. The molecule has 2 rings (SSSR count). The van der Waals surface area contributed by atoms with Crippen LogP contribution in [0.2, 0.25) is 0 Å². The first-order valence-corrected chi connectivity index (χ1v) is 6.30. The Labute approximate surface area is 112 Å². The molecule has 106 valence electrons. The number of hydrogen-bond donors (Lipinski definition) is 2. The summed E-state index contributed by atoms with van der Waals surface area (Å²) in [5.74, 6) is -0.434. The van der Waals surface area contributed by atoms with Crippen LogP contribution >= 0.6 is 0 Å². The molecule has 0 spiro atoms. The van der Waals surface area contributed by atoms with Crippen LogP contribution in [0.4, 0.5) is 5.82 Å². The van der Waals surface area contributed by atoms with Gasteiger partial charge in [0.1, 0.15) is 11.4 Å². The first-order valence-electron chi connectivity index (χ1n) is 6.30. The molecule has 1 saturated heterocycles. The summed E-state index contributed by atoms with van der Waals surface area (Å²) in [6, 6.07) is 0. The molecule has 19 heavy (non-hydrogen) atoms. The van der Waals surface area contributed by atoms with Gasteiger partial charge in [-0.3, -0.25) is 4.68 Å². The van der Waals surface area contributed by atoms with E-state index in [4.69, 9.17) is 4.74 Å². The van der Waals surface area contributed by atoms with Crippen LogP contribution in [0.3, 0.4) is 0 Å². The summed E-state index contributed by atoms with van der Waals surface area (Å²) in [4.78, 5) is 13.4. The van der Waals surface area contributed by atoms with E-state index >= 15 is 0 Å². The Morgan fingerprint density at radius 3 is 2.95 bits per heavy atom. The van der Waals surface area contributed by atoms with Crippen LogP contribution in [-0.4, -0.2) is 65.1 Å². The number of ether oxygens (including phenoxy) is 1. The standard InChI is InChI=1S/C12H20N4O3/c1-8-10(12(17)18)11(16(3)14-8)13-6-9-7-15(2)4-5-19-9/h9,13H,4-7H2,1-3H3,(H,17,18). The highest BCUT2D eigenvalue weighted by molar-refractivity contribution is 5.94. The molecule has 1 aliphatic heterocycles. The summed E-state index contributed by atoms with van der Waals surface area (Å²) >= 11 is 0. The first-order chi connectivity index (χ1) is 8.99. The molecule has 0 bridgehead atoms. The van der Waals surface area contributed by atoms with Crippen LogP contribution in [0.25, 0.3) is 0 Å². The molecule has 0 amide bonds. The highest BCUT2D eigenvalue weighted by atomic mass is 16.5. The number of carboxylic acids is 1. The number of aromatic nitrogens is 2. The van der Waals surface area contributed by atoms with Crippen molar-refractivity contribution in [1.29, 1.82) is 0 Å². The summed E-state index contributed by atoms with van der Waals surface area (Å²) in [6.07, 6.45) is 0.0654. The van der Waals surface area contributed by atoms with E-state index in [0.29, 0.717) is 24.7 Å². The van der Waals surface area contributed by atoms with Gasteiger partial charge in [-0.25, -0.2) is 4.79 Å². The zero-order valence-corrected chi connectivity index (χ0v) is 11.5. The van der Waals surface area contributed by atoms with Crippen molar-refractivity contribution >= 4 is 11.8 Å². The fraction of sp³-hybridized carbons (Fsp3) is 0.667. The second kappa shape index (κ2) is 5.58. The Hall–Kier alpha value is -1.60. The zero-order valence-electron chi connectivity index (χ0n) is 11.5. The summed E-state index contributed by atoms with van der Waals surface area (Å²) in [5, 5.41) is 16.5. The SMILES string of the molecule is Cc1nn(C)c(NCC2CN(C)CCO2)c1C(=O)O. The Balaban J connectivity index is 2.05. The van der Waals surface area contributed by atoms with Crippen molar-refractivity contribution in [1.82, 2.24) is 14.7 Å². The Bertz CT molecular complexity index is 472. The maximum Gasteiger partial charge on any atom is 0.341 e. The third-order valence-electron chi connectivity index (χ3n) is 3.28. The lowest BCUT2D eigenvalue weighted by atomic mass is 10.2. The minimum Gasteiger partial charge on any atom is -0.477 e. The molecule has 0 saturated carbocycles.